The molecule has 0 unspecified atom stereocenters. The van der Waals surface area contributed by atoms with Gasteiger partial charge in [-0.25, -0.2) is 8.78 Å². The van der Waals surface area contributed by atoms with Gasteiger partial charge in [-0.2, -0.15) is 8.42 Å². The maximum absolute atomic E-state index is 14.0. The first-order valence-corrected chi connectivity index (χ1v) is 11.9. The highest BCUT2D eigenvalue weighted by molar-refractivity contribution is 7.87. The van der Waals surface area contributed by atoms with Crippen LogP contribution in [-0.4, -0.2) is 38.0 Å². The van der Waals surface area contributed by atoms with Gasteiger partial charge in [0.1, 0.15) is 10.6 Å². The van der Waals surface area contributed by atoms with Crippen LogP contribution < -0.4 is 4.18 Å². The molecule has 0 saturated carbocycles. The van der Waals surface area contributed by atoms with Crippen molar-refractivity contribution in [3.05, 3.63) is 59.8 Å². The number of benzene rings is 2. The van der Waals surface area contributed by atoms with Gasteiger partial charge < -0.3 is 13.7 Å². The highest BCUT2D eigenvalue weighted by Crippen LogP contribution is 2.36. The van der Waals surface area contributed by atoms with Crippen LogP contribution in [0.2, 0.25) is 0 Å². The molecule has 1 aliphatic rings. The Hall–Kier alpha value is -2.45. The summed E-state index contributed by atoms with van der Waals surface area (Å²) in [6, 6.07) is 8.08. The molecule has 1 aromatic heterocycles. The summed E-state index contributed by atoms with van der Waals surface area (Å²) in [4.78, 5) is 1.49. The molecule has 0 spiro atoms. The highest BCUT2D eigenvalue weighted by Gasteiger charge is 2.26. The van der Waals surface area contributed by atoms with Crippen molar-refractivity contribution in [3.8, 4) is 5.75 Å². The van der Waals surface area contributed by atoms with E-state index in [0.717, 1.165) is 68.0 Å². The molecule has 8 heteroatoms. The smallest absolute Gasteiger partial charge is 0.342 e. The highest BCUT2D eigenvalue weighted by atomic mass is 32.2. The fraction of sp³-hybridized carbons (Fsp3) is 0.391. The van der Waals surface area contributed by atoms with E-state index in [4.69, 9.17) is 4.18 Å². The van der Waals surface area contributed by atoms with Crippen LogP contribution in [0.1, 0.15) is 37.7 Å². The Balaban J connectivity index is 1.72. The first-order chi connectivity index (χ1) is 14.8. The number of piperidine rings is 1. The normalized spacial score (nSPS) is 16.1. The predicted molar refractivity (Wildman–Crippen MR) is 116 cm³/mol. The molecule has 0 bridgehead atoms. The fourth-order valence-electron chi connectivity index (χ4n) is 4.28. The van der Waals surface area contributed by atoms with E-state index in [9.17, 15) is 17.2 Å². The lowest BCUT2D eigenvalue weighted by Gasteiger charge is -2.28. The summed E-state index contributed by atoms with van der Waals surface area (Å²) >= 11 is 0. The Bertz CT molecular complexity index is 1200. The van der Waals surface area contributed by atoms with Crippen molar-refractivity contribution in [1.29, 1.82) is 0 Å². The van der Waals surface area contributed by atoms with E-state index in [0.29, 0.717) is 5.92 Å². The van der Waals surface area contributed by atoms with Crippen LogP contribution in [0.4, 0.5) is 8.78 Å². The topological polar surface area (TPSA) is 51.5 Å². The van der Waals surface area contributed by atoms with Gasteiger partial charge in [0, 0.05) is 23.6 Å². The lowest BCUT2D eigenvalue weighted by molar-refractivity contribution is 0.256. The second-order valence-corrected chi connectivity index (χ2v) is 9.64. The van der Waals surface area contributed by atoms with Crippen LogP contribution in [0.3, 0.4) is 0 Å². The van der Waals surface area contributed by atoms with Gasteiger partial charge in [0.05, 0.1) is 0 Å². The monoisotopic (exact) mass is 448 g/mol. The van der Waals surface area contributed by atoms with E-state index < -0.39 is 26.6 Å². The molecule has 1 aliphatic heterocycles. The summed E-state index contributed by atoms with van der Waals surface area (Å²) in [7, 11) is -2.40. The lowest BCUT2D eigenvalue weighted by atomic mass is 9.89. The summed E-state index contributed by atoms with van der Waals surface area (Å²) in [5.41, 5.74) is 2.19. The quantitative estimate of drug-likeness (QED) is 0.503. The fourth-order valence-corrected chi connectivity index (χ4v) is 5.28. The molecule has 3 aromatic rings. The van der Waals surface area contributed by atoms with Crippen molar-refractivity contribution in [1.82, 2.24) is 9.47 Å². The zero-order chi connectivity index (χ0) is 22.2. The maximum Gasteiger partial charge on any atom is 0.342 e. The van der Waals surface area contributed by atoms with E-state index >= 15 is 0 Å². The Labute approximate surface area is 181 Å². The molecule has 31 heavy (non-hydrogen) atoms. The second-order valence-electron chi connectivity index (χ2n) is 8.12. The molecule has 0 atom stereocenters. The molecule has 1 fully saturated rings. The molecule has 1 saturated heterocycles. The second kappa shape index (κ2) is 8.59. The maximum atomic E-state index is 14.0. The van der Waals surface area contributed by atoms with Crippen LogP contribution in [0.15, 0.2) is 47.5 Å². The number of fused-ring (bicyclic) bond motifs is 1. The van der Waals surface area contributed by atoms with Crippen molar-refractivity contribution in [2.75, 3.05) is 20.1 Å². The van der Waals surface area contributed by atoms with Gasteiger partial charge in [0.25, 0.3) is 0 Å². The van der Waals surface area contributed by atoms with Crippen LogP contribution in [-0.2, 0) is 16.7 Å². The Morgan fingerprint density at radius 2 is 1.87 bits per heavy atom. The first kappa shape index (κ1) is 21.8. The number of hydrogen-bond acceptors (Lipinski definition) is 4. The van der Waals surface area contributed by atoms with Crippen molar-refractivity contribution >= 4 is 21.0 Å². The van der Waals surface area contributed by atoms with Gasteiger partial charge in [-0.1, -0.05) is 13.0 Å². The number of nitrogens with zero attached hydrogens (tertiary/aromatic N) is 2. The Morgan fingerprint density at radius 1 is 1.13 bits per heavy atom. The first-order valence-electron chi connectivity index (χ1n) is 10.5. The van der Waals surface area contributed by atoms with Gasteiger partial charge in [-0.15, -0.1) is 0 Å². The molecular weight excluding hydrogens is 422 g/mol. The van der Waals surface area contributed by atoms with E-state index in [1.807, 2.05) is 6.07 Å². The Morgan fingerprint density at radius 3 is 2.58 bits per heavy atom. The van der Waals surface area contributed by atoms with Crippen LogP contribution >= 0.6 is 0 Å². The summed E-state index contributed by atoms with van der Waals surface area (Å²) in [5, 5.41) is 0.940. The van der Waals surface area contributed by atoms with Gasteiger partial charge >= 0.3 is 10.1 Å². The third-order valence-corrected chi connectivity index (χ3v) is 7.16. The third kappa shape index (κ3) is 4.32. The molecule has 5 nitrogen and oxygen atoms in total. The molecule has 0 radical (unpaired) electrons. The summed E-state index contributed by atoms with van der Waals surface area (Å²) in [5.74, 6) is -2.21. The number of halogens is 2. The molecule has 0 aliphatic carbocycles. The van der Waals surface area contributed by atoms with Crippen LogP contribution in [0.5, 0.6) is 5.75 Å². The van der Waals surface area contributed by atoms with Crippen molar-refractivity contribution in [2.24, 2.45) is 0 Å². The number of likely N-dealkylation sites (tertiary alicyclic amines) is 1. The van der Waals surface area contributed by atoms with E-state index in [1.165, 1.54) is 5.56 Å². The van der Waals surface area contributed by atoms with Gasteiger partial charge in [-0.3, -0.25) is 0 Å². The van der Waals surface area contributed by atoms with Crippen molar-refractivity contribution < 1.29 is 21.4 Å². The third-order valence-electron chi connectivity index (χ3n) is 5.90. The summed E-state index contributed by atoms with van der Waals surface area (Å²) < 4.78 is 60.2. The lowest BCUT2D eigenvalue weighted by Crippen LogP contribution is -2.29. The van der Waals surface area contributed by atoms with E-state index in [1.54, 1.807) is 12.1 Å². The van der Waals surface area contributed by atoms with E-state index in [2.05, 4.69) is 29.6 Å². The SMILES string of the molecule is CCCn1cc(C2CCN(C)CC2)c2cc(OS(=O)(=O)c3cccc(F)c3F)ccc21. The zero-order valence-corrected chi connectivity index (χ0v) is 18.5. The van der Waals surface area contributed by atoms with Crippen molar-refractivity contribution in [2.45, 2.75) is 43.5 Å². The number of rotatable bonds is 6. The minimum Gasteiger partial charge on any atom is -0.379 e. The summed E-state index contributed by atoms with van der Waals surface area (Å²) in [6.07, 6.45) is 5.19. The molecule has 0 N–H and O–H groups in total. The molecule has 0 amide bonds. The summed E-state index contributed by atoms with van der Waals surface area (Å²) in [6.45, 7) is 4.98. The number of hydrogen-bond donors (Lipinski definition) is 0. The minimum atomic E-state index is -4.51. The largest absolute Gasteiger partial charge is 0.379 e. The van der Waals surface area contributed by atoms with E-state index in [-0.39, 0.29) is 5.75 Å². The van der Waals surface area contributed by atoms with Crippen LogP contribution in [0, 0.1) is 11.6 Å². The molecular formula is C23H26F2N2O3S. The predicted octanol–water partition coefficient (Wildman–Crippen LogP) is 4.91. The Kier molecular flexibility index (Phi) is 6.03. The number of aryl methyl sites for hydroxylation is 1. The molecule has 2 heterocycles. The number of aromatic nitrogens is 1. The minimum absolute atomic E-state index is 0.0830. The van der Waals surface area contributed by atoms with Gasteiger partial charge in [0.15, 0.2) is 11.6 Å². The average molecular weight is 449 g/mol. The standard InChI is InChI=1S/C23H26F2N2O3S/c1-3-11-27-15-19(16-9-12-26(2)13-10-16)18-14-17(7-8-21(18)27)30-31(28,29)22-6-4-5-20(24)23(22)25/h4-8,14-16H,3,9-13H2,1-2H3. The average Bonchev–Trinajstić information content (AvgIpc) is 3.08. The molecule has 4 rings (SSSR count). The zero-order valence-electron chi connectivity index (χ0n) is 17.6. The van der Waals surface area contributed by atoms with Crippen LogP contribution in [0.25, 0.3) is 10.9 Å². The molecule has 2 aromatic carbocycles. The van der Waals surface area contributed by atoms with Gasteiger partial charge in [0.2, 0.25) is 0 Å². The van der Waals surface area contributed by atoms with Gasteiger partial charge in [-0.05, 0) is 81.2 Å². The van der Waals surface area contributed by atoms with Crippen molar-refractivity contribution in [3.63, 3.8) is 0 Å². The molecule has 166 valence electrons.